The van der Waals surface area contributed by atoms with Crippen molar-refractivity contribution in [2.24, 2.45) is 0 Å². The lowest BCUT2D eigenvalue weighted by Crippen LogP contribution is -2.46. The van der Waals surface area contributed by atoms with Gasteiger partial charge in [0.25, 0.3) is 6.43 Å². The van der Waals surface area contributed by atoms with Crippen LogP contribution >= 0.6 is 0 Å². The van der Waals surface area contributed by atoms with Gasteiger partial charge in [0.15, 0.2) is 0 Å². The van der Waals surface area contributed by atoms with Gasteiger partial charge in [0, 0.05) is 26.2 Å². The van der Waals surface area contributed by atoms with Gasteiger partial charge in [-0.1, -0.05) is 12.1 Å². The highest BCUT2D eigenvalue weighted by molar-refractivity contribution is 5.27. The van der Waals surface area contributed by atoms with Crippen molar-refractivity contribution < 1.29 is 22.0 Å². The molecular weight excluding hydrogens is 279 g/mol. The van der Waals surface area contributed by atoms with Crippen molar-refractivity contribution >= 4 is 0 Å². The van der Waals surface area contributed by atoms with Gasteiger partial charge >= 0.3 is 6.18 Å². The predicted molar refractivity (Wildman–Crippen MR) is 64.6 cm³/mol. The van der Waals surface area contributed by atoms with Crippen LogP contribution in [0, 0.1) is 0 Å². The molecule has 1 saturated heterocycles. The highest BCUT2D eigenvalue weighted by Crippen LogP contribution is 2.32. The Balaban J connectivity index is 2.21. The second-order valence-electron chi connectivity index (χ2n) is 4.69. The molecule has 112 valence electrons. The number of nitrogens with one attached hydrogen (secondary N) is 1. The molecule has 20 heavy (non-hydrogen) atoms. The van der Waals surface area contributed by atoms with Crippen LogP contribution in [0.4, 0.5) is 22.0 Å². The molecule has 0 amide bonds. The topological polar surface area (TPSA) is 15.3 Å². The maximum absolute atomic E-state index is 13.2. The molecule has 1 aromatic rings. The molecule has 0 spiro atoms. The van der Waals surface area contributed by atoms with Gasteiger partial charge in [0.2, 0.25) is 0 Å². The summed E-state index contributed by atoms with van der Waals surface area (Å²) >= 11 is 0. The van der Waals surface area contributed by atoms with Crippen LogP contribution in [0.15, 0.2) is 24.3 Å². The van der Waals surface area contributed by atoms with Gasteiger partial charge in [-0.25, -0.2) is 8.78 Å². The molecule has 0 bridgehead atoms. The fraction of sp³-hybridized carbons (Fsp3) is 0.538. The van der Waals surface area contributed by atoms with E-state index in [1.165, 1.54) is 0 Å². The van der Waals surface area contributed by atoms with E-state index in [1.807, 2.05) is 0 Å². The molecule has 1 aliphatic rings. The van der Waals surface area contributed by atoms with Crippen LogP contribution in [0.3, 0.4) is 0 Å². The molecule has 2 rings (SSSR count). The Morgan fingerprint density at radius 2 is 1.55 bits per heavy atom. The van der Waals surface area contributed by atoms with Crippen LogP contribution in [0.25, 0.3) is 0 Å². The lowest BCUT2D eigenvalue weighted by atomic mass is 10.0. The molecule has 1 N–H and O–H groups in total. The summed E-state index contributed by atoms with van der Waals surface area (Å²) in [5, 5.41) is 3.05. The molecular formula is C13H15F5N2. The van der Waals surface area contributed by atoms with E-state index in [0.29, 0.717) is 26.2 Å². The number of piperazine rings is 1. The number of hydrogen-bond acceptors (Lipinski definition) is 2. The van der Waals surface area contributed by atoms with Gasteiger partial charge in [0.05, 0.1) is 11.6 Å². The maximum Gasteiger partial charge on any atom is 0.416 e. The summed E-state index contributed by atoms with van der Waals surface area (Å²) in [6.45, 7) is 2.11. The Bertz CT molecular complexity index is 423. The summed E-state index contributed by atoms with van der Waals surface area (Å²) in [7, 11) is 0. The third-order valence-corrected chi connectivity index (χ3v) is 3.36. The van der Waals surface area contributed by atoms with E-state index >= 15 is 0 Å². The van der Waals surface area contributed by atoms with Crippen molar-refractivity contribution in [3.05, 3.63) is 35.4 Å². The molecule has 1 fully saturated rings. The van der Waals surface area contributed by atoms with Gasteiger partial charge in [-0.15, -0.1) is 0 Å². The van der Waals surface area contributed by atoms with Crippen molar-refractivity contribution in [2.45, 2.75) is 18.6 Å². The van der Waals surface area contributed by atoms with E-state index in [2.05, 4.69) is 5.32 Å². The highest BCUT2D eigenvalue weighted by Gasteiger charge is 2.33. The molecule has 0 radical (unpaired) electrons. The molecule has 1 atom stereocenters. The van der Waals surface area contributed by atoms with Crippen molar-refractivity contribution in [1.29, 1.82) is 0 Å². The zero-order chi connectivity index (χ0) is 14.8. The first-order chi connectivity index (χ1) is 9.39. The quantitative estimate of drug-likeness (QED) is 0.862. The number of benzene rings is 1. The molecule has 2 nitrogen and oxygen atoms in total. The average molecular weight is 294 g/mol. The minimum absolute atomic E-state index is 0.218. The lowest BCUT2D eigenvalue weighted by Gasteiger charge is -2.34. The molecule has 7 heteroatoms. The number of rotatable bonds is 3. The van der Waals surface area contributed by atoms with Crippen LogP contribution in [0.2, 0.25) is 0 Å². The Labute approximate surface area is 113 Å². The number of hydrogen-bond donors (Lipinski definition) is 1. The largest absolute Gasteiger partial charge is 0.416 e. The van der Waals surface area contributed by atoms with E-state index in [9.17, 15) is 22.0 Å². The zero-order valence-corrected chi connectivity index (χ0v) is 10.6. The van der Waals surface area contributed by atoms with E-state index in [-0.39, 0.29) is 5.56 Å². The van der Waals surface area contributed by atoms with Crippen LogP contribution < -0.4 is 5.32 Å². The minimum atomic E-state index is -4.45. The van der Waals surface area contributed by atoms with Gasteiger partial charge in [-0.2, -0.15) is 13.2 Å². The predicted octanol–water partition coefficient (Wildman–Crippen LogP) is 2.92. The summed E-state index contributed by atoms with van der Waals surface area (Å²) in [5.41, 5.74) is -0.607. The van der Waals surface area contributed by atoms with Crippen molar-refractivity contribution in [3.63, 3.8) is 0 Å². The first-order valence-corrected chi connectivity index (χ1v) is 6.29. The van der Waals surface area contributed by atoms with Crippen LogP contribution in [0.1, 0.15) is 17.2 Å². The number of alkyl halides is 5. The smallest absolute Gasteiger partial charge is 0.314 e. The molecule has 1 heterocycles. The number of halogens is 5. The second-order valence-corrected chi connectivity index (χ2v) is 4.69. The lowest BCUT2D eigenvalue weighted by molar-refractivity contribution is -0.137. The Hall–Kier alpha value is -1.21. The zero-order valence-electron chi connectivity index (χ0n) is 10.6. The van der Waals surface area contributed by atoms with Crippen molar-refractivity contribution in [1.82, 2.24) is 10.2 Å². The first kappa shape index (κ1) is 15.2. The molecule has 0 aliphatic carbocycles. The third-order valence-electron chi connectivity index (χ3n) is 3.36. The monoisotopic (exact) mass is 294 g/mol. The number of nitrogens with zero attached hydrogens (tertiary/aromatic N) is 1. The van der Waals surface area contributed by atoms with Crippen LogP contribution in [0.5, 0.6) is 0 Å². The van der Waals surface area contributed by atoms with E-state index in [1.54, 1.807) is 4.90 Å². The van der Waals surface area contributed by atoms with Gasteiger partial charge in [-0.3, -0.25) is 4.90 Å². The summed E-state index contributed by atoms with van der Waals surface area (Å²) in [6, 6.07) is 2.84. The summed E-state index contributed by atoms with van der Waals surface area (Å²) in [5.74, 6) is 0. The summed E-state index contributed by atoms with van der Waals surface area (Å²) < 4.78 is 63.8. The van der Waals surface area contributed by atoms with Crippen LogP contribution in [-0.4, -0.2) is 37.5 Å². The highest BCUT2D eigenvalue weighted by atomic mass is 19.4. The summed E-state index contributed by atoms with van der Waals surface area (Å²) in [4.78, 5) is 1.60. The van der Waals surface area contributed by atoms with Gasteiger partial charge in [-0.05, 0) is 17.7 Å². The second kappa shape index (κ2) is 6.05. The Kier molecular flexibility index (Phi) is 4.59. The van der Waals surface area contributed by atoms with E-state index in [4.69, 9.17) is 0 Å². The third kappa shape index (κ3) is 3.46. The van der Waals surface area contributed by atoms with Crippen LogP contribution in [-0.2, 0) is 6.18 Å². The van der Waals surface area contributed by atoms with Crippen molar-refractivity contribution in [2.75, 3.05) is 26.2 Å². The fourth-order valence-corrected chi connectivity index (χ4v) is 2.35. The standard InChI is InChI=1S/C13H15F5N2/c14-12(15)11(20-7-5-19-6-8-20)9-1-3-10(4-2-9)13(16,17)18/h1-4,11-12,19H,5-8H2/t11-/m1/s1. The molecule has 0 unspecified atom stereocenters. The summed E-state index contributed by atoms with van der Waals surface area (Å²) in [6.07, 6.45) is -7.08. The van der Waals surface area contributed by atoms with E-state index in [0.717, 1.165) is 24.3 Å². The minimum Gasteiger partial charge on any atom is -0.314 e. The van der Waals surface area contributed by atoms with Crippen molar-refractivity contribution in [3.8, 4) is 0 Å². The van der Waals surface area contributed by atoms with Gasteiger partial charge in [0.1, 0.15) is 0 Å². The molecule has 1 aromatic carbocycles. The Morgan fingerprint density at radius 3 is 2.00 bits per heavy atom. The van der Waals surface area contributed by atoms with E-state index < -0.39 is 24.2 Å². The molecule has 0 aromatic heterocycles. The molecule has 0 saturated carbocycles. The molecule has 1 aliphatic heterocycles. The first-order valence-electron chi connectivity index (χ1n) is 6.29. The Morgan fingerprint density at radius 1 is 1.00 bits per heavy atom. The fourth-order valence-electron chi connectivity index (χ4n) is 2.35. The maximum atomic E-state index is 13.2. The SMILES string of the molecule is FC(F)[C@@H](c1ccc(C(F)(F)F)cc1)N1CCNCC1. The normalized spacial score (nSPS) is 19.3. The van der Waals surface area contributed by atoms with Gasteiger partial charge < -0.3 is 5.32 Å². The average Bonchev–Trinajstić information content (AvgIpc) is 2.39.